The molecule has 0 saturated heterocycles. The Morgan fingerprint density at radius 1 is 1.40 bits per heavy atom. The Kier molecular flexibility index (Phi) is 2.06. The molecule has 3 nitrogen and oxygen atoms in total. The van der Waals surface area contributed by atoms with E-state index >= 15 is 0 Å². The van der Waals surface area contributed by atoms with E-state index in [2.05, 4.69) is 20.8 Å². The van der Waals surface area contributed by atoms with Gasteiger partial charge >= 0.3 is 0 Å². The molecular formula is C11H12ClN3. The molecule has 78 valence electrons. The number of fused-ring (bicyclic) bond motifs is 1. The van der Waals surface area contributed by atoms with Crippen molar-refractivity contribution < 1.29 is 0 Å². The average Bonchev–Trinajstić information content (AvgIpc) is 2.64. The van der Waals surface area contributed by atoms with Gasteiger partial charge in [-0.3, -0.25) is 4.40 Å². The van der Waals surface area contributed by atoms with Crippen LogP contribution in [0.25, 0.3) is 5.65 Å². The second-order valence-electron chi connectivity index (χ2n) is 3.98. The maximum Gasteiger partial charge on any atom is 0.138 e. The molecule has 3 rings (SSSR count). The van der Waals surface area contributed by atoms with Gasteiger partial charge in [0.2, 0.25) is 0 Å². The van der Waals surface area contributed by atoms with Crippen LogP contribution in [0.5, 0.6) is 0 Å². The SMILES string of the molecule is ClC1CC(Nc2cccc3nccn23)C1. The molecule has 0 bridgehead atoms. The minimum atomic E-state index is 0.351. The van der Waals surface area contributed by atoms with Gasteiger partial charge in [0.15, 0.2) is 0 Å². The molecule has 0 atom stereocenters. The first kappa shape index (κ1) is 9.04. The van der Waals surface area contributed by atoms with E-state index in [1.54, 1.807) is 0 Å². The number of anilines is 1. The van der Waals surface area contributed by atoms with Gasteiger partial charge in [0.1, 0.15) is 11.5 Å². The van der Waals surface area contributed by atoms with Gasteiger partial charge in [-0.25, -0.2) is 4.98 Å². The van der Waals surface area contributed by atoms with Crippen molar-refractivity contribution in [3.05, 3.63) is 30.6 Å². The summed E-state index contributed by atoms with van der Waals surface area (Å²) in [5.74, 6) is 1.10. The number of alkyl halides is 1. The van der Waals surface area contributed by atoms with E-state index in [9.17, 15) is 0 Å². The number of hydrogen-bond acceptors (Lipinski definition) is 2. The van der Waals surface area contributed by atoms with Gasteiger partial charge in [0.25, 0.3) is 0 Å². The van der Waals surface area contributed by atoms with E-state index in [0.717, 1.165) is 24.3 Å². The predicted octanol–water partition coefficient (Wildman–Crippen LogP) is 2.52. The Labute approximate surface area is 93.1 Å². The first-order chi connectivity index (χ1) is 7.33. The minimum Gasteiger partial charge on any atom is -0.368 e. The van der Waals surface area contributed by atoms with E-state index in [0.29, 0.717) is 11.4 Å². The lowest BCUT2D eigenvalue weighted by Crippen LogP contribution is -2.36. The fraction of sp³-hybridized carbons (Fsp3) is 0.364. The van der Waals surface area contributed by atoms with Gasteiger partial charge in [-0.15, -0.1) is 11.6 Å². The second kappa shape index (κ2) is 3.42. The molecule has 1 saturated carbocycles. The molecule has 2 aromatic rings. The van der Waals surface area contributed by atoms with E-state index in [-0.39, 0.29) is 0 Å². The van der Waals surface area contributed by atoms with Crippen LogP contribution in [0.4, 0.5) is 5.82 Å². The van der Waals surface area contributed by atoms with Gasteiger partial charge in [-0.05, 0) is 25.0 Å². The van der Waals surface area contributed by atoms with Crippen LogP contribution in [0.3, 0.4) is 0 Å². The molecule has 1 aliphatic rings. The van der Waals surface area contributed by atoms with Crippen molar-refractivity contribution in [3.63, 3.8) is 0 Å². The maximum atomic E-state index is 5.95. The van der Waals surface area contributed by atoms with Crippen molar-refractivity contribution >= 4 is 23.1 Å². The monoisotopic (exact) mass is 221 g/mol. The number of hydrogen-bond donors (Lipinski definition) is 1. The largest absolute Gasteiger partial charge is 0.368 e. The van der Waals surface area contributed by atoms with E-state index in [4.69, 9.17) is 11.6 Å². The van der Waals surface area contributed by atoms with Gasteiger partial charge in [-0.2, -0.15) is 0 Å². The third-order valence-electron chi connectivity index (χ3n) is 2.86. The highest BCUT2D eigenvalue weighted by atomic mass is 35.5. The number of nitrogens with one attached hydrogen (secondary N) is 1. The predicted molar refractivity (Wildman–Crippen MR) is 61.5 cm³/mol. The molecule has 0 aromatic carbocycles. The molecule has 0 amide bonds. The van der Waals surface area contributed by atoms with Crippen LogP contribution < -0.4 is 5.32 Å². The van der Waals surface area contributed by atoms with Crippen molar-refractivity contribution in [3.8, 4) is 0 Å². The zero-order valence-electron chi connectivity index (χ0n) is 8.23. The topological polar surface area (TPSA) is 29.3 Å². The molecule has 15 heavy (non-hydrogen) atoms. The highest BCUT2D eigenvalue weighted by Gasteiger charge is 2.27. The number of imidazole rings is 1. The van der Waals surface area contributed by atoms with E-state index < -0.39 is 0 Å². The Balaban J connectivity index is 1.87. The highest BCUT2D eigenvalue weighted by Crippen LogP contribution is 2.28. The van der Waals surface area contributed by atoms with Gasteiger partial charge in [-0.1, -0.05) is 6.07 Å². The Hall–Kier alpha value is -1.22. The Morgan fingerprint density at radius 2 is 2.27 bits per heavy atom. The number of pyridine rings is 1. The van der Waals surface area contributed by atoms with Crippen molar-refractivity contribution in [1.82, 2.24) is 9.38 Å². The number of aromatic nitrogens is 2. The Morgan fingerprint density at radius 3 is 3.07 bits per heavy atom. The zero-order chi connectivity index (χ0) is 10.3. The summed E-state index contributed by atoms with van der Waals surface area (Å²) in [7, 11) is 0. The molecule has 2 aromatic heterocycles. The lowest BCUT2D eigenvalue weighted by molar-refractivity contribution is 0.453. The number of halogens is 1. The normalized spacial score (nSPS) is 25.1. The summed E-state index contributed by atoms with van der Waals surface area (Å²) in [6, 6.07) is 6.59. The molecule has 1 fully saturated rings. The molecule has 2 heterocycles. The summed E-state index contributed by atoms with van der Waals surface area (Å²) in [5, 5.41) is 3.83. The smallest absolute Gasteiger partial charge is 0.138 e. The van der Waals surface area contributed by atoms with Gasteiger partial charge in [0.05, 0.1) is 0 Å². The third kappa shape index (κ3) is 1.57. The van der Waals surface area contributed by atoms with Crippen LogP contribution in [0.15, 0.2) is 30.6 Å². The van der Waals surface area contributed by atoms with Crippen LogP contribution in [0.2, 0.25) is 0 Å². The number of rotatable bonds is 2. The quantitative estimate of drug-likeness (QED) is 0.790. The van der Waals surface area contributed by atoms with Crippen LogP contribution in [0, 0.1) is 0 Å². The summed E-state index contributed by atoms with van der Waals surface area (Å²) in [6.45, 7) is 0. The van der Waals surface area contributed by atoms with Crippen molar-refractivity contribution in [1.29, 1.82) is 0 Å². The highest BCUT2D eigenvalue weighted by molar-refractivity contribution is 6.21. The van der Waals surface area contributed by atoms with Gasteiger partial charge < -0.3 is 5.32 Å². The first-order valence-electron chi connectivity index (χ1n) is 5.15. The zero-order valence-corrected chi connectivity index (χ0v) is 8.98. The lowest BCUT2D eigenvalue weighted by Gasteiger charge is -2.32. The summed E-state index contributed by atoms with van der Waals surface area (Å²) >= 11 is 5.95. The fourth-order valence-corrected chi connectivity index (χ4v) is 2.37. The van der Waals surface area contributed by atoms with Crippen molar-refractivity contribution in [2.75, 3.05) is 5.32 Å². The summed E-state index contributed by atoms with van der Waals surface area (Å²) < 4.78 is 2.06. The molecule has 0 radical (unpaired) electrons. The minimum absolute atomic E-state index is 0.351. The first-order valence-corrected chi connectivity index (χ1v) is 5.59. The molecule has 1 N–H and O–H groups in total. The molecule has 0 aliphatic heterocycles. The van der Waals surface area contributed by atoms with Crippen LogP contribution >= 0.6 is 11.6 Å². The van der Waals surface area contributed by atoms with Gasteiger partial charge in [0, 0.05) is 23.8 Å². The molecule has 0 spiro atoms. The van der Waals surface area contributed by atoms with Crippen molar-refractivity contribution in [2.24, 2.45) is 0 Å². The van der Waals surface area contributed by atoms with Crippen LogP contribution in [-0.4, -0.2) is 20.8 Å². The summed E-state index contributed by atoms with van der Waals surface area (Å²) in [5.41, 5.74) is 0.974. The molecular weight excluding hydrogens is 210 g/mol. The molecule has 1 aliphatic carbocycles. The maximum absolute atomic E-state index is 5.95. The third-order valence-corrected chi connectivity index (χ3v) is 3.22. The van der Waals surface area contributed by atoms with Crippen LogP contribution in [0.1, 0.15) is 12.8 Å². The standard InChI is InChI=1S/C11H12ClN3/c12-8-6-9(7-8)14-11-3-1-2-10-13-4-5-15(10)11/h1-5,8-9,14H,6-7H2. The average molecular weight is 222 g/mol. The second-order valence-corrected chi connectivity index (χ2v) is 4.59. The van der Waals surface area contributed by atoms with E-state index in [1.165, 1.54) is 0 Å². The summed E-state index contributed by atoms with van der Waals surface area (Å²) in [4.78, 5) is 4.24. The Bertz CT molecular complexity index is 473. The van der Waals surface area contributed by atoms with Crippen molar-refractivity contribution in [2.45, 2.75) is 24.3 Å². The fourth-order valence-electron chi connectivity index (χ4n) is 1.94. The molecule has 0 unspecified atom stereocenters. The lowest BCUT2D eigenvalue weighted by atomic mass is 9.92. The summed E-state index contributed by atoms with van der Waals surface area (Å²) in [6.07, 6.45) is 5.87. The van der Waals surface area contributed by atoms with E-state index in [1.807, 2.05) is 24.5 Å². The van der Waals surface area contributed by atoms with Crippen LogP contribution in [-0.2, 0) is 0 Å². The number of nitrogens with zero attached hydrogens (tertiary/aromatic N) is 2. The molecule has 4 heteroatoms.